The van der Waals surface area contributed by atoms with Gasteiger partial charge in [-0.3, -0.25) is 0 Å². The molecule has 0 saturated heterocycles. The molecule has 0 nitrogen and oxygen atoms in total. The number of hydrogen-bond acceptors (Lipinski definition) is 0. The molecule has 0 saturated carbocycles. The standard InChI is InChI=1S/C11H30FISi4/c1-14(2,3)11(15(4,5)6,16(7,8)9)17(10,12)13/h1-10H3. The predicted molar refractivity (Wildman–Crippen MR) is 99.5 cm³/mol. The van der Waals surface area contributed by atoms with Gasteiger partial charge in [0.2, 0.25) is 0 Å². The second kappa shape index (κ2) is 4.82. The average Bonchev–Trinajstić information content (AvgIpc) is 1.67. The first kappa shape index (κ1) is 18.5. The van der Waals surface area contributed by atoms with Crippen LogP contribution in [0.2, 0.25) is 69.4 Å². The molecule has 0 heterocycles. The minimum absolute atomic E-state index is 0.126. The topological polar surface area (TPSA) is 0 Å². The molecule has 1 unspecified atom stereocenters. The van der Waals surface area contributed by atoms with Gasteiger partial charge in [-0.25, -0.2) is 0 Å². The summed E-state index contributed by atoms with van der Waals surface area (Å²) in [6.45, 7) is 23.7. The van der Waals surface area contributed by atoms with Crippen molar-refractivity contribution in [1.82, 2.24) is 0 Å². The highest BCUT2D eigenvalue weighted by atomic mass is 127. The highest BCUT2D eigenvalue weighted by Crippen LogP contribution is 2.61. The molecule has 0 aliphatic heterocycles. The summed E-state index contributed by atoms with van der Waals surface area (Å²) < 4.78 is 15.6. The minimum atomic E-state index is -2.69. The Labute approximate surface area is 125 Å². The molecule has 0 rings (SSSR count). The summed E-state index contributed by atoms with van der Waals surface area (Å²) in [5, 5.41) is 0. The fraction of sp³-hybridized carbons (Fsp3) is 1.00. The Kier molecular flexibility index (Phi) is 5.25. The number of rotatable bonds is 4. The maximum absolute atomic E-state index is 15.4. The Morgan fingerprint density at radius 1 is 0.647 bits per heavy atom. The molecule has 0 amide bonds. The van der Waals surface area contributed by atoms with Crippen LogP contribution in [-0.2, 0) is 0 Å². The predicted octanol–water partition coefficient (Wildman–Crippen LogP) is 5.84. The molecular formula is C11H30FISi4. The fourth-order valence-electron chi connectivity index (χ4n) is 5.35. The van der Waals surface area contributed by atoms with Crippen LogP contribution in [0.4, 0.5) is 4.11 Å². The summed E-state index contributed by atoms with van der Waals surface area (Å²) in [4.78, 5) is 0. The smallest absolute Gasteiger partial charge is 0.301 e. The summed E-state index contributed by atoms with van der Waals surface area (Å²) in [6, 6.07) is 0. The van der Waals surface area contributed by atoms with Crippen LogP contribution in [0.1, 0.15) is 0 Å². The molecule has 0 aliphatic rings. The van der Waals surface area contributed by atoms with Gasteiger partial charge in [-0.1, -0.05) is 80.7 Å². The first-order valence-corrected chi connectivity index (χ1v) is 22.4. The summed E-state index contributed by atoms with van der Waals surface area (Å²) in [7, 11) is -4.62. The molecule has 0 fully saturated rings. The first-order chi connectivity index (χ1) is 7.00. The molecule has 104 valence electrons. The van der Waals surface area contributed by atoms with Gasteiger partial charge >= 0.3 is 5.90 Å². The lowest BCUT2D eigenvalue weighted by atomic mass is 11.6. The van der Waals surface area contributed by atoms with Gasteiger partial charge in [0.15, 0.2) is 0 Å². The molecule has 6 heteroatoms. The summed E-state index contributed by atoms with van der Waals surface area (Å²) in [6.07, 6.45) is 0. The summed E-state index contributed by atoms with van der Waals surface area (Å²) in [5.74, 6) is -2.69. The van der Waals surface area contributed by atoms with Crippen molar-refractivity contribution in [1.29, 1.82) is 0 Å². The van der Waals surface area contributed by atoms with Crippen molar-refractivity contribution >= 4 is 51.9 Å². The van der Waals surface area contributed by atoms with E-state index < -0.39 is 30.1 Å². The van der Waals surface area contributed by atoms with Crippen LogP contribution in [0.5, 0.6) is 0 Å². The third-order valence-electron chi connectivity index (χ3n) is 4.03. The van der Waals surface area contributed by atoms with E-state index >= 15 is 4.11 Å². The van der Waals surface area contributed by atoms with Crippen molar-refractivity contribution in [3.63, 3.8) is 0 Å². The molecular weight excluding hydrogens is 390 g/mol. The fourth-order valence-corrected chi connectivity index (χ4v) is 70.0. The monoisotopic (exact) mass is 420 g/mol. The van der Waals surface area contributed by atoms with Gasteiger partial charge in [-0.15, -0.1) is 0 Å². The van der Waals surface area contributed by atoms with Gasteiger partial charge in [0.25, 0.3) is 0 Å². The second-order valence-electron chi connectivity index (χ2n) is 8.39. The molecule has 0 spiro atoms. The van der Waals surface area contributed by atoms with Gasteiger partial charge in [0.05, 0.1) is 0 Å². The summed E-state index contributed by atoms with van der Waals surface area (Å²) >= 11 is 2.24. The van der Waals surface area contributed by atoms with E-state index in [-0.39, 0.29) is 3.91 Å². The van der Waals surface area contributed by atoms with E-state index in [1.54, 1.807) is 0 Å². The molecule has 0 N–H and O–H groups in total. The van der Waals surface area contributed by atoms with E-state index in [4.69, 9.17) is 0 Å². The second-order valence-corrected chi connectivity index (χ2v) is 35.7. The van der Waals surface area contributed by atoms with Crippen molar-refractivity contribution in [2.75, 3.05) is 0 Å². The highest BCUT2D eigenvalue weighted by Gasteiger charge is 2.69. The molecule has 1 atom stereocenters. The largest absolute Gasteiger partial charge is 0.305 e. The zero-order valence-corrected chi connectivity index (χ0v) is 19.4. The van der Waals surface area contributed by atoms with Crippen LogP contribution < -0.4 is 0 Å². The molecule has 0 aliphatic carbocycles. The highest BCUT2D eigenvalue weighted by molar-refractivity contribution is 14.1. The first-order valence-electron chi connectivity index (χ1n) is 6.38. The molecule has 0 aromatic rings. The van der Waals surface area contributed by atoms with Crippen LogP contribution in [0.15, 0.2) is 0 Å². The maximum atomic E-state index is 15.4. The van der Waals surface area contributed by atoms with Crippen molar-refractivity contribution in [3.8, 4) is 0 Å². The van der Waals surface area contributed by atoms with Crippen LogP contribution in [0, 0.1) is 0 Å². The summed E-state index contributed by atoms with van der Waals surface area (Å²) in [5.41, 5.74) is 0. The zero-order chi connectivity index (χ0) is 14.5. The van der Waals surface area contributed by atoms with Crippen molar-refractivity contribution in [2.24, 2.45) is 0 Å². The Hall–Kier alpha value is 1.53. The molecule has 17 heavy (non-hydrogen) atoms. The lowest BCUT2D eigenvalue weighted by Gasteiger charge is -2.61. The van der Waals surface area contributed by atoms with E-state index in [1.807, 2.05) is 6.55 Å². The lowest BCUT2D eigenvalue weighted by molar-refractivity contribution is 0.809. The lowest BCUT2D eigenvalue weighted by Crippen LogP contribution is -2.73. The Bertz CT molecular complexity index is 216. The Morgan fingerprint density at radius 2 is 0.824 bits per heavy atom. The van der Waals surface area contributed by atoms with E-state index in [9.17, 15) is 0 Å². The Morgan fingerprint density at radius 3 is 0.824 bits per heavy atom. The van der Waals surface area contributed by atoms with Crippen LogP contribution in [0.25, 0.3) is 0 Å². The van der Waals surface area contributed by atoms with Crippen LogP contribution in [0.3, 0.4) is 0 Å². The van der Waals surface area contributed by atoms with E-state index in [0.717, 1.165) is 0 Å². The maximum Gasteiger partial charge on any atom is 0.305 e. The van der Waals surface area contributed by atoms with Gasteiger partial charge in [-0.2, -0.15) is 0 Å². The van der Waals surface area contributed by atoms with Gasteiger partial charge in [-0.05, 0) is 10.5 Å². The SMILES string of the molecule is C[Si](C)(C)C([Si](C)(C)C)([Si](C)(C)C)[Si](C)(F)I. The Balaban J connectivity index is 6.37. The number of hydrogen-bond donors (Lipinski definition) is 0. The van der Waals surface area contributed by atoms with E-state index in [1.165, 1.54) is 0 Å². The molecule has 0 bridgehead atoms. The number of halogens is 2. The quantitative estimate of drug-likeness (QED) is 0.305. The van der Waals surface area contributed by atoms with Gasteiger partial charge in [0.1, 0.15) is 0 Å². The average molecular weight is 421 g/mol. The zero-order valence-electron chi connectivity index (χ0n) is 13.3. The normalized spacial score (nSPS) is 19.1. The van der Waals surface area contributed by atoms with Crippen LogP contribution >= 0.6 is 21.8 Å². The van der Waals surface area contributed by atoms with Crippen molar-refractivity contribution in [3.05, 3.63) is 0 Å². The van der Waals surface area contributed by atoms with E-state index in [0.29, 0.717) is 0 Å². The van der Waals surface area contributed by atoms with Crippen molar-refractivity contribution < 1.29 is 4.11 Å². The van der Waals surface area contributed by atoms with Gasteiger partial charge < -0.3 is 4.11 Å². The minimum Gasteiger partial charge on any atom is -0.301 e. The third-order valence-corrected chi connectivity index (χ3v) is 43.6. The molecule has 0 aromatic carbocycles. The molecule has 0 radical (unpaired) electrons. The van der Waals surface area contributed by atoms with Gasteiger partial charge in [0, 0.05) is 24.2 Å². The van der Waals surface area contributed by atoms with Crippen LogP contribution in [-0.4, -0.2) is 30.1 Å². The molecule has 0 aromatic heterocycles. The third kappa shape index (κ3) is 3.00. The van der Waals surface area contributed by atoms with Crippen molar-refractivity contribution in [2.45, 2.75) is 69.4 Å². The van der Waals surface area contributed by atoms with E-state index in [2.05, 4.69) is 80.7 Å².